The van der Waals surface area contributed by atoms with E-state index in [2.05, 4.69) is 0 Å². The fourth-order valence-electron chi connectivity index (χ4n) is 1.52. The summed E-state index contributed by atoms with van der Waals surface area (Å²) in [7, 11) is 0. The van der Waals surface area contributed by atoms with Crippen LogP contribution in [-0.2, 0) is 14.3 Å². The molecule has 0 saturated carbocycles. The van der Waals surface area contributed by atoms with Crippen LogP contribution in [0.4, 0.5) is 0 Å². The molecule has 5 nitrogen and oxygen atoms in total. The van der Waals surface area contributed by atoms with E-state index < -0.39 is 18.0 Å². The topological polar surface area (TPSA) is 72.8 Å². The largest absolute Gasteiger partial charge is 0.482 e. The third-order valence-electron chi connectivity index (χ3n) is 2.99. The van der Waals surface area contributed by atoms with Crippen molar-refractivity contribution >= 4 is 11.8 Å². The lowest BCUT2D eigenvalue weighted by atomic mass is 9.99. The average Bonchev–Trinajstić information content (AvgIpc) is 2.45. The van der Waals surface area contributed by atoms with Crippen LogP contribution in [0, 0.1) is 5.92 Å². The molecule has 0 aliphatic heterocycles. The zero-order valence-electron chi connectivity index (χ0n) is 11.7. The molecule has 2 unspecified atom stereocenters. The standard InChI is InChI=1S/C15H20O5/c1-11(12(2)16)14(17)8-9-19-15(18)10-20-13-6-4-3-5-7-13/h3-7,11,14,17H,8-10H2,1-2H3. The van der Waals surface area contributed by atoms with Crippen molar-refractivity contribution in [3.05, 3.63) is 30.3 Å². The molecule has 0 aromatic heterocycles. The Labute approximate surface area is 118 Å². The third kappa shape index (κ3) is 5.84. The van der Waals surface area contributed by atoms with E-state index >= 15 is 0 Å². The molecule has 0 amide bonds. The maximum Gasteiger partial charge on any atom is 0.344 e. The van der Waals surface area contributed by atoms with Gasteiger partial charge in [-0.3, -0.25) is 4.79 Å². The van der Waals surface area contributed by atoms with Crippen LogP contribution < -0.4 is 4.74 Å². The highest BCUT2D eigenvalue weighted by molar-refractivity contribution is 5.78. The minimum Gasteiger partial charge on any atom is -0.482 e. The molecule has 0 radical (unpaired) electrons. The second kappa shape index (κ2) is 8.32. The van der Waals surface area contributed by atoms with E-state index in [9.17, 15) is 14.7 Å². The Morgan fingerprint density at radius 1 is 1.25 bits per heavy atom. The van der Waals surface area contributed by atoms with Crippen LogP contribution >= 0.6 is 0 Å². The smallest absolute Gasteiger partial charge is 0.344 e. The summed E-state index contributed by atoms with van der Waals surface area (Å²) < 4.78 is 10.1. The summed E-state index contributed by atoms with van der Waals surface area (Å²) in [6.45, 7) is 2.96. The van der Waals surface area contributed by atoms with Gasteiger partial charge in [0.1, 0.15) is 11.5 Å². The van der Waals surface area contributed by atoms with Crippen LogP contribution in [0.1, 0.15) is 20.3 Å². The molecule has 0 bridgehead atoms. The molecule has 0 aliphatic rings. The van der Waals surface area contributed by atoms with Crippen molar-refractivity contribution < 1.29 is 24.2 Å². The maximum absolute atomic E-state index is 11.4. The summed E-state index contributed by atoms with van der Waals surface area (Å²) >= 11 is 0. The van der Waals surface area contributed by atoms with Crippen LogP contribution in [0.25, 0.3) is 0 Å². The van der Waals surface area contributed by atoms with Crippen LogP contribution in [0.5, 0.6) is 5.75 Å². The number of ketones is 1. The number of benzene rings is 1. The van der Waals surface area contributed by atoms with E-state index in [4.69, 9.17) is 9.47 Å². The van der Waals surface area contributed by atoms with Crippen molar-refractivity contribution in [2.75, 3.05) is 13.2 Å². The molecule has 0 fully saturated rings. The van der Waals surface area contributed by atoms with Crippen molar-refractivity contribution in [1.82, 2.24) is 0 Å². The van der Waals surface area contributed by atoms with Crippen molar-refractivity contribution in [1.29, 1.82) is 0 Å². The number of Topliss-reactive ketones (excluding diaryl/α,β-unsaturated/α-hetero) is 1. The molecule has 5 heteroatoms. The minimum absolute atomic E-state index is 0.0652. The van der Waals surface area contributed by atoms with E-state index in [1.807, 2.05) is 6.07 Å². The summed E-state index contributed by atoms with van der Waals surface area (Å²) in [6, 6.07) is 8.94. The summed E-state index contributed by atoms with van der Waals surface area (Å²) in [6.07, 6.45) is -0.562. The molecular formula is C15H20O5. The van der Waals surface area contributed by atoms with Crippen molar-refractivity contribution in [3.8, 4) is 5.75 Å². The number of rotatable bonds is 8. The number of ether oxygens (including phenoxy) is 2. The third-order valence-corrected chi connectivity index (χ3v) is 2.99. The van der Waals surface area contributed by atoms with Gasteiger partial charge in [0, 0.05) is 12.3 Å². The number of hydrogen-bond donors (Lipinski definition) is 1. The van der Waals surface area contributed by atoms with Gasteiger partial charge < -0.3 is 14.6 Å². The summed E-state index contributed by atoms with van der Waals surface area (Å²) in [4.78, 5) is 22.5. The molecule has 0 saturated heterocycles. The number of aliphatic hydroxyl groups excluding tert-OH is 1. The van der Waals surface area contributed by atoms with Gasteiger partial charge in [-0.25, -0.2) is 4.79 Å². The van der Waals surface area contributed by atoms with Gasteiger partial charge in [-0.05, 0) is 19.1 Å². The Morgan fingerprint density at radius 2 is 1.90 bits per heavy atom. The van der Waals surface area contributed by atoms with Crippen molar-refractivity contribution in [2.24, 2.45) is 5.92 Å². The molecule has 1 aromatic rings. The highest BCUT2D eigenvalue weighted by atomic mass is 16.6. The van der Waals surface area contributed by atoms with Gasteiger partial charge in [0.25, 0.3) is 0 Å². The van der Waals surface area contributed by atoms with Crippen molar-refractivity contribution in [3.63, 3.8) is 0 Å². The molecule has 20 heavy (non-hydrogen) atoms. The van der Waals surface area contributed by atoms with Gasteiger partial charge in [-0.15, -0.1) is 0 Å². The predicted molar refractivity (Wildman–Crippen MR) is 73.4 cm³/mol. The zero-order valence-corrected chi connectivity index (χ0v) is 11.7. The molecule has 0 spiro atoms. The van der Waals surface area contributed by atoms with Gasteiger partial charge in [-0.1, -0.05) is 25.1 Å². The summed E-state index contributed by atoms with van der Waals surface area (Å²) in [5, 5.41) is 9.67. The monoisotopic (exact) mass is 280 g/mol. The van der Waals surface area contributed by atoms with E-state index in [-0.39, 0.29) is 25.4 Å². The minimum atomic E-state index is -0.796. The molecular weight excluding hydrogens is 260 g/mol. The lowest BCUT2D eigenvalue weighted by molar-refractivity contribution is -0.146. The lowest BCUT2D eigenvalue weighted by Crippen LogP contribution is -2.26. The second-order valence-electron chi connectivity index (χ2n) is 4.58. The highest BCUT2D eigenvalue weighted by Gasteiger charge is 2.18. The number of para-hydroxylation sites is 1. The second-order valence-corrected chi connectivity index (χ2v) is 4.58. The number of carbonyl (C=O) groups excluding carboxylic acids is 2. The van der Waals surface area contributed by atoms with Gasteiger partial charge in [-0.2, -0.15) is 0 Å². The Morgan fingerprint density at radius 3 is 2.50 bits per heavy atom. The van der Waals surface area contributed by atoms with Crippen molar-refractivity contribution in [2.45, 2.75) is 26.4 Å². The molecule has 1 N–H and O–H groups in total. The van der Waals surface area contributed by atoms with E-state index in [0.717, 1.165) is 0 Å². The quantitative estimate of drug-likeness (QED) is 0.732. The van der Waals surface area contributed by atoms with E-state index in [1.54, 1.807) is 31.2 Å². The SMILES string of the molecule is CC(=O)C(C)C(O)CCOC(=O)COc1ccccc1. The first-order valence-electron chi connectivity index (χ1n) is 6.52. The number of esters is 1. The first-order valence-corrected chi connectivity index (χ1v) is 6.52. The molecule has 0 aliphatic carbocycles. The Balaban J connectivity index is 2.19. The van der Waals surface area contributed by atoms with Crippen LogP contribution in [0.15, 0.2) is 30.3 Å². The first kappa shape index (κ1) is 16.2. The Kier molecular flexibility index (Phi) is 6.73. The lowest BCUT2D eigenvalue weighted by Gasteiger charge is -2.15. The number of carbonyl (C=O) groups is 2. The summed E-state index contributed by atoms with van der Waals surface area (Å²) in [5.41, 5.74) is 0. The van der Waals surface area contributed by atoms with Gasteiger partial charge >= 0.3 is 5.97 Å². The van der Waals surface area contributed by atoms with Crippen LogP contribution in [-0.4, -0.2) is 36.2 Å². The number of hydrogen-bond acceptors (Lipinski definition) is 5. The number of aliphatic hydroxyl groups is 1. The van der Waals surface area contributed by atoms with Gasteiger partial charge in [0.2, 0.25) is 0 Å². The molecule has 2 atom stereocenters. The van der Waals surface area contributed by atoms with Crippen LogP contribution in [0.2, 0.25) is 0 Å². The fraction of sp³-hybridized carbons (Fsp3) is 0.467. The molecule has 0 heterocycles. The Bertz CT molecular complexity index is 429. The highest BCUT2D eigenvalue weighted by Crippen LogP contribution is 2.09. The average molecular weight is 280 g/mol. The van der Waals surface area contributed by atoms with Gasteiger partial charge in [0.05, 0.1) is 12.7 Å². The predicted octanol–water partition coefficient (Wildman–Crippen LogP) is 1.58. The Hall–Kier alpha value is -1.88. The zero-order chi connectivity index (χ0) is 15.0. The summed E-state index contributed by atoms with van der Waals surface area (Å²) in [5.74, 6) is -0.447. The van der Waals surface area contributed by atoms with E-state index in [0.29, 0.717) is 5.75 Å². The van der Waals surface area contributed by atoms with Crippen LogP contribution in [0.3, 0.4) is 0 Å². The first-order chi connectivity index (χ1) is 9.50. The maximum atomic E-state index is 11.4. The molecule has 110 valence electrons. The van der Waals surface area contributed by atoms with Gasteiger partial charge in [0.15, 0.2) is 6.61 Å². The molecule has 1 rings (SSSR count). The van der Waals surface area contributed by atoms with E-state index in [1.165, 1.54) is 6.92 Å². The fourth-order valence-corrected chi connectivity index (χ4v) is 1.52. The molecule has 1 aromatic carbocycles. The normalized spacial score (nSPS) is 13.3.